The van der Waals surface area contributed by atoms with Gasteiger partial charge in [-0.1, -0.05) is 0 Å². The van der Waals surface area contributed by atoms with Gasteiger partial charge in [0.05, 0.1) is 6.61 Å². The van der Waals surface area contributed by atoms with Crippen LogP contribution in [0, 0.1) is 0 Å². The molecule has 1 heterocycles. The summed E-state index contributed by atoms with van der Waals surface area (Å²) in [5.74, 6) is 0. The highest BCUT2D eigenvalue weighted by Gasteiger charge is 2.24. The van der Waals surface area contributed by atoms with Gasteiger partial charge in [0.2, 0.25) is 0 Å². The molecule has 1 aromatic rings. The number of nitrogens with zero attached hydrogens (tertiary/aromatic N) is 1. The second kappa shape index (κ2) is 5.79. The number of methoxy groups -OCH3 is 1. The van der Waals surface area contributed by atoms with E-state index in [-0.39, 0.29) is 0 Å². The minimum Gasteiger partial charge on any atom is -0.398 e. The van der Waals surface area contributed by atoms with Crippen molar-refractivity contribution in [2.45, 2.75) is 12.5 Å². The Balaban J connectivity index is 2.59. The van der Waals surface area contributed by atoms with Crippen molar-refractivity contribution >= 4 is 5.69 Å². The lowest BCUT2D eigenvalue weighted by atomic mass is 9.96. The smallest absolute Gasteiger partial charge is 0.103 e. The molecule has 5 nitrogen and oxygen atoms in total. The van der Waals surface area contributed by atoms with E-state index in [1.54, 1.807) is 32.5 Å². The summed E-state index contributed by atoms with van der Waals surface area (Å²) in [6.07, 6.45) is 3.20. The maximum Gasteiger partial charge on any atom is 0.103 e. The standard InChI is InChI=1S/C11H19N3O2/c1-11(15,8-14-5-6-16-2)9-7-13-4-3-10(9)12/h3-4,7,14-15H,5-6,8H2,1-2H3,(H2,12,13). The van der Waals surface area contributed by atoms with Gasteiger partial charge < -0.3 is 20.9 Å². The molecule has 90 valence electrons. The van der Waals surface area contributed by atoms with Crippen LogP contribution in [-0.4, -0.2) is 36.9 Å². The van der Waals surface area contributed by atoms with Crippen molar-refractivity contribution in [2.75, 3.05) is 32.5 Å². The number of hydrogen-bond donors (Lipinski definition) is 3. The Bertz CT molecular complexity index is 329. The highest BCUT2D eigenvalue weighted by atomic mass is 16.5. The number of aliphatic hydroxyl groups is 1. The molecule has 0 aliphatic carbocycles. The quantitative estimate of drug-likeness (QED) is 0.599. The van der Waals surface area contributed by atoms with Gasteiger partial charge >= 0.3 is 0 Å². The first-order valence-electron chi connectivity index (χ1n) is 5.20. The number of hydrogen-bond acceptors (Lipinski definition) is 5. The first-order chi connectivity index (χ1) is 7.58. The molecule has 4 N–H and O–H groups in total. The van der Waals surface area contributed by atoms with Crippen LogP contribution >= 0.6 is 0 Å². The third-order valence-corrected chi connectivity index (χ3v) is 2.39. The van der Waals surface area contributed by atoms with Gasteiger partial charge in [0.25, 0.3) is 0 Å². The number of aromatic nitrogens is 1. The van der Waals surface area contributed by atoms with E-state index in [0.29, 0.717) is 30.9 Å². The van der Waals surface area contributed by atoms with E-state index < -0.39 is 5.60 Å². The Morgan fingerprint density at radius 1 is 1.62 bits per heavy atom. The van der Waals surface area contributed by atoms with Crippen molar-refractivity contribution in [3.63, 3.8) is 0 Å². The molecule has 1 rings (SSSR count). The predicted octanol–water partition coefficient (Wildman–Crippen LogP) is 0.107. The zero-order chi connectivity index (χ0) is 12.0. The molecule has 1 atom stereocenters. The molecule has 0 radical (unpaired) electrons. The van der Waals surface area contributed by atoms with Crippen LogP contribution in [0.4, 0.5) is 5.69 Å². The summed E-state index contributed by atoms with van der Waals surface area (Å²) in [7, 11) is 1.64. The molecule has 0 saturated heterocycles. The minimum absolute atomic E-state index is 0.409. The van der Waals surface area contributed by atoms with Crippen molar-refractivity contribution in [2.24, 2.45) is 0 Å². The Labute approximate surface area is 95.6 Å². The molecule has 16 heavy (non-hydrogen) atoms. The average Bonchev–Trinajstić information content (AvgIpc) is 2.25. The van der Waals surface area contributed by atoms with Crippen molar-refractivity contribution in [1.29, 1.82) is 0 Å². The molecular formula is C11H19N3O2. The SMILES string of the molecule is COCCNCC(C)(O)c1cnccc1N. The molecule has 0 aliphatic rings. The van der Waals surface area contributed by atoms with Crippen molar-refractivity contribution in [3.05, 3.63) is 24.0 Å². The van der Waals surface area contributed by atoms with Crippen LogP contribution in [0.2, 0.25) is 0 Å². The maximum absolute atomic E-state index is 10.2. The van der Waals surface area contributed by atoms with Gasteiger partial charge in [0.15, 0.2) is 0 Å². The van der Waals surface area contributed by atoms with Crippen LogP contribution in [0.25, 0.3) is 0 Å². The Morgan fingerprint density at radius 3 is 3.00 bits per heavy atom. The van der Waals surface area contributed by atoms with Crippen LogP contribution in [0.3, 0.4) is 0 Å². The van der Waals surface area contributed by atoms with Crippen LogP contribution in [0.15, 0.2) is 18.5 Å². The fourth-order valence-corrected chi connectivity index (χ4v) is 1.46. The number of nitrogens with one attached hydrogen (secondary N) is 1. The molecule has 0 saturated carbocycles. The lowest BCUT2D eigenvalue weighted by Gasteiger charge is -2.25. The molecule has 0 amide bonds. The fraction of sp³-hybridized carbons (Fsp3) is 0.545. The lowest BCUT2D eigenvalue weighted by molar-refractivity contribution is 0.0554. The normalized spacial score (nSPS) is 14.7. The second-order valence-corrected chi connectivity index (χ2v) is 3.91. The molecule has 0 fully saturated rings. The number of nitrogens with two attached hydrogens (primary N) is 1. The van der Waals surface area contributed by atoms with Gasteiger partial charge in [0.1, 0.15) is 5.60 Å². The summed E-state index contributed by atoms with van der Waals surface area (Å²) in [5, 5.41) is 13.3. The van der Waals surface area contributed by atoms with Gasteiger partial charge in [-0.05, 0) is 13.0 Å². The summed E-state index contributed by atoms with van der Waals surface area (Å²) in [6.45, 7) is 3.41. The first-order valence-corrected chi connectivity index (χ1v) is 5.20. The third kappa shape index (κ3) is 3.44. The molecule has 0 aromatic carbocycles. The topological polar surface area (TPSA) is 80.4 Å². The van der Waals surface area contributed by atoms with Gasteiger partial charge in [-0.3, -0.25) is 4.98 Å². The average molecular weight is 225 g/mol. The zero-order valence-electron chi connectivity index (χ0n) is 9.73. The summed E-state index contributed by atoms with van der Waals surface area (Å²) in [4.78, 5) is 3.96. The largest absolute Gasteiger partial charge is 0.398 e. The Kier molecular flexibility index (Phi) is 4.67. The Morgan fingerprint density at radius 2 is 2.38 bits per heavy atom. The van der Waals surface area contributed by atoms with E-state index in [2.05, 4.69) is 10.3 Å². The van der Waals surface area contributed by atoms with E-state index in [1.165, 1.54) is 0 Å². The zero-order valence-corrected chi connectivity index (χ0v) is 9.73. The predicted molar refractivity (Wildman–Crippen MR) is 63.0 cm³/mol. The van der Waals surface area contributed by atoms with E-state index in [0.717, 1.165) is 0 Å². The highest BCUT2D eigenvalue weighted by molar-refractivity contribution is 5.47. The van der Waals surface area contributed by atoms with Crippen molar-refractivity contribution in [1.82, 2.24) is 10.3 Å². The Hall–Kier alpha value is -1.17. The molecule has 0 aliphatic heterocycles. The van der Waals surface area contributed by atoms with Crippen LogP contribution in [0.5, 0.6) is 0 Å². The maximum atomic E-state index is 10.2. The van der Waals surface area contributed by atoms with Crippen LogP contribution < -0.4 is 11.1 Å². The lowest BCUT2D eigenvalue weighted by Crippen LogP contribution is -2.37. The van der Waals surface area contributed by atoms with Gasteiger partial charge in [-0.2, -0.15) is 0 Å². The molecular weight excluding hydrogens is 206 g/mol. The van der Waals surface area contributed by atoms with Crippen molar-refractivity contribution in [3.8, 4) is 0 Å². The minimum atomic E-state index is -1.02. The number of ether oxygens (including phenoxy) is 1. The number of rotatable bonds is 6. The van der Waals surface area contributed by atoms with E-state index in [9.17, 15) is 5.11 Å². The second-order valence-electron chi connectivity index (χ2n) is 3.91. The molecule has 0 bridgehead atoms. The molecule has 0 spiro atoms. The van der Waals surface area contributed by atoms with E-state index in [4.69, 9.17) is 10.5 Å². The first kappa shape index (κ1) is 12.9. The number of nitrogen functional groups attached to an aromatic ring is 1. The summed E-state index contributed by atoms with van der Waals surface area (Å²) >= 11 is 0. The molecule has 5 heteroatoms. The number of pyridine rings is 1. The van der Waals surface area contributed by atoms with Crippen LogP contribution in [0.1, 0.15) is 12.5 Å². The summed E-state index contributed by atoms with van der Waals surface area (Å²) in [6, 6.07) is 1.68. The summed E-state index contributed by atoms with van der Waals surface area (Å²) < 4.78 is 4.90. The highest BCUT2D eigenvalue weighted by Crippen LogP contribution is 2.24. The molecule has 1 aromatic heterocycles. The van der Waals surface area contributed by atoms with Crippen LogP contribution in [-0.2, 0) is 10.3 Å². The molecule has 1 unspecified atom stereocenters. The van der Waals surface area contributed by atoms with Crippen molar-refractivity contribution < 1.29 is 9.84 Å². The number of anilines is 1. The van der Waals surface area contributed by atoms with E-state index >= 15 is 0 Å². The summed E-state index contributed by atoms with van der Waals surface area (Å²) in [5.41, 5.74) is 5.95. The monoisotopic (exact) mass is 225 g/mol. The van der Waals surface area contributed by atoms with Gasteiger partial charge in [-0.25, -0.2) is 0 Å². The third-order valence-electron chi connectivity index (χ3n) is 2.39. The van der Waals surface area contributed by atoms with Gasteiger partial charge in [-0.15, -0.1) is 0 Å². The van der Waals surface area contributed by atoms with Gasteiger partial charge in [0, 0.05) is 43.8 Å². The van der Waals surface area contributed by atoms with E-state index in [1.807, 2.05) is 0 Å². The fourth-order valence-electron chi connectivity index (χ4n) is 1.46.